The summed E-state index contributed by atoms with van der Waals surface area (Å²) in [6, 6.07) is 18.9. The zero-order valence-electron chi connectivity index (χ0n) is 18.8. The van der Waals surface area contributed by atoms with Crippen LogP contribution in [0.4, 0.5) is 5.69 Å². The van der Waals surface area contributed by atoms with E-state index >= 15 is 0 Å². The summed E-state index contributed by atoms with van der Waals surface area (Å²) in [4.78, 5) is 12.2. The van der Waals surface area contributed by atoms with E-state index in [2.05, 4.69) is 10.6 Å². The van der Waals surface area contributed by atoms with Gasteiger partial charge in [-0.25, -0.2) is 0 Å². The molecule has 0 saturated heterocycles. The molecule has 0 aliphatic heterocycles. The number of anilines is 1. The maximum atomic E-state index is 12.2. The topological polar surface area (TPSA) is 59.6 Å². The number of ether oxygens (including phenoxy) is 2. The lowest BCUT2D eigenvalue weighted by Gasteiger charge is -2.14. The fourth-order valence-corrected chi connectivity index (χ4v) is 3.71. The van der Waals surface area contributed by atoms with Gasteiger partial charge in [-0.1, -0.05) is 53.0 Å². The van der Waals surface area contributed by atoms with Gasteiger partial charge >= 0.3 is 0 Å². The summed E-state index contributed by atoms with van der Waals surface area (Å²) in [5.41, 5.74) is 3.97. The summed E-state index contributed by atoms with van der Waals surface area (Å²) < 4.78 is 11.5. The molecule has 0 fully saturated rings. The van der Waals surface area contributed by atoms with Gasteiger partial charge in [-0.15, -0.1) is 0 Å². The number of nitrogens with one attached hydrogen (secondary N) is 2. The van der Waals surface area contributed by atoms with Crippen LogP contribution in [0.3, 0.4) is 0 Å². The average molecular weight is 487 g/mol. The molecule has 0 saturated carbocycles. The first-order chi connectivity index (χ1) is 15.9. The molecule has 174 valence electrons. The number of carbonyl (C=O) groups excluding carboxylic acids is 1. The monoisotopic (exact) mass is 486 g/mol. The lowest BCUT2D eigenvalue weighted by Crippen LogP contribution is -2.20. The van der Waals surface area contributed by atoms with Crippen LogP contribution in [-0.2, 0) is 17.8 Å². The lowest BCUT2D eigenvalue weighted by molar-refractivity contribution is -0.118. The van der Waals surface area contributed by atoms with Crippen LogP contribution in [0.5, 0.6) is 11.5 Å². The van der Waals surface area contributed by atoms with Crippen LogP contribution in [0.1, 0.15) is 23.6 Å². The Morgan fingerprint density at radius 1 is 0.939 bits per heavy atom. The molecule has 1 amide bonds. The highest BCUT2D eigenvalue weighted by Crippen LogP contribution is 2.28. The van der Waals surface area contributed by atoms with Crippen molar-refractivity contribution in [2.24, 2.45) is 0 Å². The molecular weight excluding hydrogens is 459 g/mol. The molecule has 0 aliphatic carbocycles. The summed E-state index contributed by atoms with van der Waals surface area (Å²) in [5.74, 6) is 0.918. The SMILES string of the molecule is CCOc1cc(CNCCc2ccc(Cl)cc2Cl)ccc1OCC(=O)Nc1ccc(C)cc1. The number of halogens is 2. The Hall–Kier alpha value is -2.73. The van der Waals surface area contributed by atoms with E-state index in [1.54, 1.807) is 6.07 Å². The van der Waals surface area contributed by atoms with Crippen LogP contribution in [0, 0.1) is 6.92 Å². The molecule has 3 rings (SSSR count). The number of hydrogen-bond acceptors (Lipinski definition) is 4. The summed E-state index contributed by atoms with van der Waals surface area (Å²) in [6.45, 7) is 5.74. The van der Waals surface area contributed by atoms with Crippen LogP contribution >= 0.6 is 23.2 Å². The van der Waals surface area contributed by atoms with Crippen molar-refractivity contribution in [3.63, 3.8) is 0 Å². The predicted molar refractivity (Wildman–Crippen MR) is 135 cm³/mol. The number of amides is 1. The van der Waals surface area contributed by atoms with Crippen molar-refractivity contribution in [3.05, 3.63) is 87.4 Å². The van der Waals surface area contributed by atoms with E-state index in [-0.39, 0.29) is 12.5 Å². The summed E-state index contributed by atoms with van der Waals surface area (Å²) >= 11 is 12.2. The first kappa shape index (κ1) is 24.9. The van der Waals surface area contributed by atoms with Gasteiger partial charge in [0.1, 0.15) is 0 Å². The molecule has 7 heteroatoms. The van der Waals surface area contributed by atoms with E-state index in [1.165, 1.54) is 0 Å². The lowest BCUT2D eigenvalue weighted by atomic mass is 10.1. The maximum Gasteiger partial charge on any atom is 0.262 e. The van der Waals surface area contributed by atoms with Crippen LogP contribution in [0.15, 0.2) is 60.7 Å². The van der Waals surface area contributed by atoms with Gasteiger partial charge in [-0.2, -0.15) is 0 Å². The molecule has 3 aromatic rings. The highest BCUT2D eigenvalue weighted by atomic mass is 35.5. The van der Waals surface area contributed by atoms with Crippen LogP contribution in [0.25, 0.3) is 0 Å². The summed E-state index contributed by atoms with van der Waals surface area (Å²) in [6.07, 6.45) is 0.797. The Kier molecular flexibility index (Phi) is 9.43. The van der Waals surface area contributed by atoms with E-state index in [0.29, 0.717) is 34.7 Å². The summed E-state index contributed by atoms with van der Waals surface area (Å²) in [7, 11) is 0. The van der Waals surface area contributed by atoms with Crippen LogP contribution in [0.2, 0.25) is 10.0 Å². The second-order valence-corrected chi connectivity index (χ2v) is 8.42. The smallest absolute Gasteiger partial charge is 0.262 e. The molecule has 0 spiro atoms. The molecule has 0 bridgehead atoms. The first-order valence-corrected chi connectivity index (χ1v) is 11.6. The van der Waals surface area contributed by atoms with Crippen molar-refractivity contribution in [2.75, 3.05) is 25.1 Å². The van der Waals surface area contributed by atoms with Gasteiger partial charge in [-0.05, 0) is 74.3 Å². The number of benzene rings is 3. The largest absolute Gasteiger partial charge is 0.490 e. The normalized spacial score (nSPS) is 10.7. The van der Waals surface area contributed by atoms with Crippen LogP contribution < -0.4 is 20.1 Å². The first-order valence-electron chi connectivity index (χ1n) is 10.8. The van der Waals surface area contributed by atoms with Crippen molar-refractivity contribution < 1.29 is 14.3 Å². The van der Waals surface area contributed by atoms with E-state index in [1.807, 2.05) is 68.4 Å². The minimum absolute atomic E-state index is 0.104. The molecule has 0 atom stereocenters. The zero-order valence-corrected chi connectivity index (χ0v) is 20.3. The van der Waals surface area contributed by atoms with E-state index < -0.39 is 0 Å². The Morgan fingerprint density at radius 2 is 1.73 bits per heavy atom. The molecule has 0 heterocycles. The predicted octanol–water partition coefficient (Wildman–Crippen LogP) is 6.05. The molecule has 2 N–H and O–H groups in total. The van der Waals surface area contributed by atoms with Crippen molar-refractivity contribution >= 4 is 34.8 Å². The Balaban J connectivity index is 1.51. The third kappa shape index (κ3) is 7.97. The van der Waals surface area contributed by atoms with Gasteiger partial charge in [0.05, 0.1) is 6.61 Å². The molecular formula is C26H28Cl2N2O3. The van der Waals surface area contributed by atoms with Gasteiger partial charge in [0.2, 0.25) is 0 Å². The van der Waals surface area contributed by atoms with Gasteiger partial charge < -0.3 is 20.1 Å². The van der Waals surface area contributed by atoms with Crippen molar-refractivity contribution in [1.29, 1.82) is 0 Å². The standard InChI is InChI=1S/C26H28Cl2N2O3/c1-3-32-25-14-19(16-29-13-12-20-7-8-21(27)15-23(20)28)6-11-24(25)33-17-26(31)30-22-9-4-18(2)5-10-22/h4-11,14-15,29H,3,12-13,16-17H2,1-2H3,(H,30,31). The molecule has 33 heavy (non-hydrogen) atoms. The maximum absolute atomic E-state index is 12.2. The molecule has 0 unspecified atom stereocenters. The van der Waals surface area contributed by atoms with Gasteiger partial charge in [-0.3, -0.25) is 4.79 Å². The van der Waals surface area contributed by atoms with Crippen molar-refractivity contribution in [2.45, 2.75) is 26.8 Å². The fraction of sp³-hybridized carbons (Fsp3) is 0.269. The van der Waals surface area contributed by atoms with Gasteiger partial charge in [0.25, 0.3) is 5.91 Å². The number of hydrogen-bond donors (Lipinski definition) is 2. The Bertz CT molecular complexity index is 1070. The van der Waals surface area contributed by atoms with Crippen molar-refractivity contribution in [3.8, 4) is 11.5 Å². The van der Waals surface area contributed by atoms with E-state index in [4.69, 9.17) is 32.7 Å². The molecule has 5 nitrogen and oxygen atoms in total. The van der Waals surface area contributed by atoms with Crippen molar-refractivity contribution in [1.82, 2.24) is 5.32 Å². The fourth-order valence-electron chi connectivity index (χ4n) is 3.21. The van der Waals surface area contributed by atoms with Gasteiger partial charge in [0.15, 0.2) is 18.1 Å². The third-order valence-electron chi connectivity index (χ3n) is 4.92. The van der Waals surface area contributed by atoms with Gasteiger partial charge in [0, 0.05) is 22.3 Å². The number of rotatable bonds is 11. The minimum Gasteiger partial charge on any atom is -0.490 e. The summed E-state index contributed by atoms with van der Waals surface area (Å²) in [5, 5.41) is 7.55. The second kappa shape index (κ2) is 12.5. The quantitative estimate of drug-likeness (QED) is 0.323. The van der Waals surface area contributed by atoms with E-state index in [0.717, 1.165) is 35.3 Å². The Labute approximate surface area is 205 Å². The molecule has 0 aliphatic rings. The second-order valence-electron chi connectivity index (χ2n) is 7.58. The molecule has 0 radical (unpaired) electrons. The third-order valence-corrected chi connectivity index (χ3v) is 5.50. The molecule has 3 aromatic carbocycles. The highest BCUT2D eigenvalue weighted by molar-refractivity contribution is 6.35. The number of aryl methyl sites for hydroxylation is 1. The average Bonchev–Trinajstić information content (AvgIpc) is 2.79. The Morgan fingerprint density at radius 3 is 2.45 bits per heavy atom. The zero-order chi connectivity index (χ0) is 23.6. The number of carbonyl (C=O) groups is 1. The van der Waals surface area contributed by atoms with Crippen LogP contribution in [-0.4, -0.2) is 25.7 Å². The minimum atomic E-state index is -0.229. The highest BCUT2D eigenvalue weighted by Gasteiger charge is 2.10. The molecule has 0 aromatic heterocycles. The van der Waals surface area contributed by atoms with E-state index in [9.17, 15) is 4.79 Å².